The molecule has 2 atom stereocenters. The van der Waals surface area contributed by atoms with Crippen LogP contribution in [0.1, 0.15) is 33.0 Å². The summed E-state index contributed by atoms with van der Waals surface area (Å²) in [5.41, 5.74) is 3.06. The molecule has 2 amide bonds. The monoisotopic (exact) mass is 494 g/mol. The van der Waals surface area contributed by atoms with E-state index in [0.29, 0.717) is 19.6 Å². The average molecular weight is 495 g/mol. The normalized spacial score (nSPS) is 12.5. The van der Waals surface area contributed by atoms with Crippen LogP contribution in [-0.2, 0) is 16.0 Å². The van der Waals surface area contributed by atoms with Gasteiger partial charge in [-0.25, -0.2) is 4.79 Å². The fraction of sp³-hybridized carbons (Fsp3) is 0.308. The van der Waals surface area contributed by atoms with Crippen molar-refractivity contribution in [2.75, 3.05) is 27.3 Å². The van der Waals surface area contributed by atoms with Crippen molar-refractivity contribution in [3.63, 3.8) is 0 Å². The van der Waals surface area contributed by atoms with Crippen LogP contribution in [0.4, 0.5) is 0 Å². The molecule has 3 rings (SSSR count). The van der Waals surface area contributed by atoms with Crippen molar-refractivity contribution >= 4 is 17.8 Å². The van der Waals surface area contributed by atoms with Gasteiger partial charge in [-0.3, -0.25) is 14.7 Å². The maximum Gasteiger partial charge on any atom is 0.332 e. The molecule has 0 bridgehead atoms. The van der Waals surface area contributed by atoms with Crippen LogP contribution in [0.25, 0.3) is 11.1 Å². The van der Waals surface area contributed by atoms with Crippen molar-refractivity contribution in [1.82, 2.24) is 20.4 Å². The molecule has 0 fully saturated rings. The topological polar surface area (TPSA) is 145 Å². The number of aromatic nitrogens is 2. The minimum Gasteiger partial charge on any atom is -0.479 e. The Hall–Kier alpha value is -4.02. The third-order valence-corrected chi connectivity index (χ3v) is 5.69. The lowest BCUT2D eigenvalue weighted by molar-refractivity contribution is -0.147. The number of aliphatic carboxylic acids is 1. The van der Waals surface area contributed by atoms with Gasteiger partial charge in [-0.1, -0.05) is 54.6 Å². The summed E-state index contributed by atoms with van der Waals surface area (Å²) in [7, 11) is 3.14. The van der Waals surface area contributed by atoms with E-state index in [4.69, 9.17) is 9.84 Å². The standard InChI is InChI=1S/C26H30N4O6/c1-30(12-13-36-2)25(33)22-16-21(28-29-22)24(32)27-20(15-23(31)26(34)35)14-17-8-10-19(11-9-17)18-6-4-3-5-7-18/h3-11,16,20,23,31H,12-15H2,1-2H3,(H,27,32)(H,28,29)(H,34,35)/t20-,23-/m1/s1. The van der Waals surface area contributed by atoms with Gasteiger partial charge in [0, 0.05) is 39.2 Å². The van der Waals surface area contributed by atoms with Crippen molar-refractivity contribution in [1.29, 1.82) is 0 Å². The number of rotatable bonds is 12. The molecule has 0 aliphatic heterocycles. The lowest BCUT2D eigenvalue weighted by Gasteiger charge is -2.20. The van der Waals surface area contributed by atoms with Gasteiger partial charge in [0.05, 0.1) is 6.61 Å². The highest BCUT2D eigenvalue weighted by molar-refractivity contribution is 5.97. The lowest BCUT2D eigenvalue weighted by atomic mass is 9.97. The van der Waals surface area contributed by atoms with Crippen LogP contribution in [-0.4, -0.2) is 82.5 Å². The molecule has 4 N–H and O–H groups in total. The number of amides is 2. The highest BCUT2D eigenvalue weighted by Gasteiger charge is 2.24. The van der Waals surface area contributed by atoms with E-state index in [-0.39, 0.29) is 23.7 Å². The molecule has 190 valence electrons. The molecule has 0 spiro atoms. The second kappa shape index (κ2) is 12.6. The zero-order valence-electron chi connectivity index (χ0n) is 20.2. The number of aromatic amines is 1. The number of H-pyrrole nitrogens is 1. The number of likely N-dealkylation sites (N-methyl/N-ethyl adjacent to an activating group) is 1. The molecule has 0 saturated heterocycles. The number of carboxylic acids is 1. The van der Waals surface area contributed by atoms with Gasteiger partial charge >= 0.3 is 5.97 Å². The van der Waals surface area contributed by atoms with Gasteiger partial charge in [0.1, 0.15) is 5.69 Å². The van der Waals surface area contributed by atoms with Crippen LogP contribution in [0.15, 0.2) is 60.7 Å². The number of nitrogens with zero attached hydrogens (tertiary/aromatic N) is 2. The Labute approximate surface area is 208 Å². The van der Waals surface area contributed by atoms with Crippen molar-refractivity contribution in [2.45, 2.75) is 25.0 Å². The van der Waals surface area contributed by atoms with Gasteiger partial charge < -0.3 is 25.2 Å². The summed E-state index contributed by atoms with van der Waals surface area (Å²) in [5.74, 6) is -2.32. The number of carbonyl (C=O) groups excluding carboxylic acids is 2. The van der Waals surface area contributed by atoms with Crippen LogP contribution >= 0.6 is 0 Å². The van der Waals surface area contributed by atoms with Crippen molar-refractivity contribution < 1.29 is 29.3 Å². The maximum absolute atomic E-state index is 12.8. The summed E-state index contributed by atoms with van der Waals surface area (Å²) < 4.78 is 4.97. The van der Waals surface area contributed by atoms with Crippen LogP contribution < -0.4 is 5.32 Å². The molecule has 0 aliphatic carbocycles. The van der Waals surface area contributed by atoms with Gasteiger partial charge in [-0.05, 0) is 23.1 Å². The quantitative estimate of drug-likeness (QED) is 0.301. The van der Waals surface area contributed by atoms with Gasteiger partial charge in [0.2, 0.25) is 0 Å². The van der Waals surface area contributed by atoms with Gasteiger partial charge in [-0.2, -0.15) is 5.10 Å². The summed E-state index contributed by atoms with van der Waals surface area (Å²) >= 11 is 0. The summed E-state index contributed by atoms with van der Waals surface area (Å²) in [6.07, 6.45) is -1.55. The molecular formula is C26H30N4O6. The highest BCUT2D eigenvalue weighted by atomic mass is 16.5. The number of hydrogen-bond donors (Lipinski definition) is 4. The number of aliphatic hydroxyl groups excluding tert-OH is 1. The first-order chi connectivity index (χ1) is 17.3. The number of hydrogen-bond acceptors (Lipinski definition) is 6. The molecule has 0 saturated carbocycles. The molecule has 0 aliphatic rings. The molecule has 10 heteroatoms. The lowest BCUT2D eigenvalue weighted by Crippen LogP contribution is -2.40. The molecule has 3 aromatic rings. The van der Waals surface area contributed by atoms with E-state index in [1.54, 1.807) is 7.05 Å². The number of methoxy groups -OCH3 is 1. The summed E-state index contributed by atoms with van der Waals surface area (Å²) in [6, 6.07) is 18.2. The van der Waals surface area contributed by atoms with Crippen molar-refractivity contribution in [3.05, 3.63) is 77.6 Å². The highest BCUT2D eigenvalue weighted by Crippen LogP contribution is 2.20. The zero-order chi connectivity index (χ0) is 26.1. The molecule has 1 heterocycles. The van der Waals surface area contributed by atoms with Crippen LogP contribution in [0.2, 0.25) is 0 Å². The smallest absolute Gasteiger partial charge is 0.332 e. The number of carboxylic acid groups (broad SMARTS) is 1. The third kappa shape index (κ3) is 7.24. The molecular weight excluding hydrogens is 464 g/mol. The predicted molar refractivity (Wildman–Crippen MR) is 133 cm³/mol. The number of benzene rings is 2. The second-order valence-electron chi connectivity index (χ2n) is 8.41. The van der Waals surface area contributed by atoms with Crippen LogP contribution in [0.3, 0.4) is 0 Å². The van der Waals surface area contributed by atoms with Gasteiger partial charge in [0.25, 0.3) is 11.8 Å². The van der Waals surface area contributed by atoms with E-state index in [0.717, 1.165) is 16.7 Å². The Balaban J connectivity index is 1.70. The predicted octanol–water partition coefficient (Wildman–Crippen LogP) is 1.97. The van der Waals surface area contributed by atoms with Gasteiger partial charge in [0.15, 0.2) is 11.8 Å². The minimum absolute atomic E-state index is 0.0206. The van der Waals surface area contributed by atoms with Crippen molar-refractivity contribution in [2.24, 2.45) is 0 Å². The first kappa shape index (κ1) is 26.6. The fourth-order valence-corrected chi connectivity index (χ4v) is 3.65. The number of ether oxygens (including phenoxy) is 1. The van der Waals surface area contributed by atoms with E-state index in [2.05, 4.69) is 15.5 Å². The molecule has 2 aromatic carbocycles. The SMILES string of the molecule is COCCN(C)C(=O)c1cc(C(=O)N[C@H](Cc2ccc(-c3ccccc3)cc2)C[C@@H](O)C(=O)O)n[nH]1. The maximum atomic E-state index is 12.8. The Bertz CT molecular complexity index is 1160. The minimum atomic E-state index is -1.65. The van der Waals surface area contributed by atoms with Crippen LogP contribution in [0, 0.1) is 0 Å². The Morgan fingerprint density at radius 3 is 2.39 bits per heavy atom. The first-order valence-electron chi connectivity index (χ1n) is 11.4. The van der Waals surface area contributed by atoms with E-state index < -0.39 is 24.0 Å². The largest absolute Gasteiger partial charge is 0.479 e. The van der Waals surface area contributed by atoms with E-state index >= 15 is 0 Å². The Morgan fingerprint density at radius 1 is 1.08 bits per heavy atom. The molecule has 0 radical (unpaired) electrons. The Kier molecular flexibility index (Phi) is 9.32. The van der Waals surface area contributed by atoms with E-state index in [1.165, 1.54) is 18.1 Å². The van der Waals surface area contributed by atoms with E-state index in [9.17, 15) is 19.5 Å². The summed E-state index contributed by atoms with van der Waals surface area (Å²) in [4.78, 5) is 38.0. The molecule has 0 unspecified atom stereocenters. The van der Waals surface area contributed by atoms with Gasteiger partial charge in [-0.15, -0.1) is 0 Å². The fourth-order valence-electron chi connectivity index (χ4n) is 3.65. The average Bonchev–Trinajstić information content (AvgIpc) is 3.38. The molecule has 1 aromatic heterocycles. The summed E-state index contributed by atoms with van der Waals surface area (Å²) in [6.45, 7) is 0.734. The first-order valence-corrected chi connectivity index (χ1v) is 11.4. The number of nitrogens with one attached hydrogen (secondary N) is 2. The van der Waals surface area contributed by atoms with Crippen LogP contribution in [0.5, 0.6) is 0 Å². The molecule has 10 nitrogen and oxygen atoms in total. The third-order valence-electron chi connectivity index (χ3n) is 5.69. The van der Waals surface area contributed by atoms with E-state index in [1.807, 2.05) is 54.6 Å². The van der Waals surface area contributed by atoms with Crippen molar-refractivity contribution in [3.8, 4) is 11.1 Å². The Morgan fingerprint density at radius 2 is 1.75 bits per heavy atom. The number of carbonyl (C=O) groups is 3. The zero-order valence-corrected chi connectivity index (χ0v) is 20.2. The summed E-state index contributed by atoms with van der Waals surface area (Å²) in [5, 5.41) is 28.3. The second-order valence-corrected chi connectivity index (χ2v) is 8.41. The number of aliphatic hydroxyl groups is 1. The molecule has 36 heavy (non-hydrogen) atoms.